The minimum atomic E-state index is 0.0747. The van der Waals surface area contributed by atoms with Gasteiger partial charge in [-0.3, -0.25) is 0 Å². The zero-order chi connectivity index (χ0) is 31.3. The smallest absolute Gasteiger partial charge is 0.101 e. The van der Waals surface area contributed by atoms with Crippen LogP contribution in [0.15, 0.2) is 158 Å². The van der Waals surface area contributed by atoms with E-state index in [2.05, 4.69) is 188 Å². The fourth-order valence-electron chi connectivity index (χ4n) is 6.62. The number of fused-ring (bicyclic) bond motifs is 3. The number of hydrogen-bond acceptors (Lipinski definition) is 1. The number of benzene rings is 6. The van der Waals surface area contributed by atoms with Crippen molar-refractivity contribution in [2.45, 2.75) is 26.2 Å². The molecule has 0 bridgehead atoms. The minimum Gasteiger partial charge on any atom is -0.309 e. The van der Waals surface area contributed by atoms with E-state index in [-0.39, 0.29) is 5.41 Å². The second kappa shape index (κ2) is 11.0. The molecule has 0 aliphatic carbocycles. The van der Waals surface area contributed by atoms with Gasteiger partial charge in [0.05, 0.1) is 22.4 Å². The van der Waals surface area contributed by atoms with Crippen LogP contribution in [-0.2, 0) is 5.41 Å². The molecule has 0 saturated carbocycles. The molecule has 46 heavy (non-hydrogen) atoms. The Bertz CT molecular complexity index is 2250. The minimum absolute atomic E-state index is 0.0747. The first kappa shape index (κ1) is 27.8. The number of aromatic nitrogens is 3. The van der Waals surface area contributed by atoms with Gasteiger partial charge in [-0.25, -0.2) is 4.68 Å². The standard InChI is InChI=1S/C43H35N3/c1-43(2,3)33-24-22-30(23-25-33)40-41(31-14-6-4-7-15-31)44-46(42(40)32-16-8-5-9-17-32)35-28-26-34(27-29-35)45-38-20-12-10-18-36(38)37-19-11-13-21-39(37)45/h4-29H,1-3H3. The van der Waals surface area contributed by atoms with E-state index >= 15 is 0 Å². The molecular formula is C43H35N3. The summed E-state index contributed by atoms with van der Waals surface area (Å²) in [5.74, 6) is 0. The van der Waals surface area contributed by atoms with Crippen molar-refractivity contribution in [2.24, 2.45) is 0 Å². The molecule has 2 aromatic heterocycles. The van der Waals surface area contributed by atoms with Gasteiger partial charge >= 0.3 is 0 Å². The van der Waals surface area contributed by atoms with E-state index in [1.807, 2.05) is 0 Å². The zero-order valence-corrected chi connectivity index (χ0v) is 26.4. The third-order valence-electron chi connectivity index (χ3n) is 8.95. The number of rotatable bonds is 5. The van der Waals surface area contributed by atoms with Crippen LogP contribution in [0.25, 0.3) is 66.8 Å². The predicted molar refractivity (Wildman–Crippen MR) is 193 cm³/mol. The molecule has 0 aliphatic heterocycles. The lowest BCUT2D eigenvalue weighted by atomic mass is 9.85. The van der Waals surface area contributed by atoms with Gasteiger partial charge in [0.1, 0.15) is 5.69 Å². The monoisotopic (exact) mass is 593 g/mol. The summed E-state index contributed by atoms with van der Waals surface area (Å²) in [5.41, 5.74) is 12.5. The van der Waals surface area contributed by atoms with Gasteiger partial charge in [-0.05, 0) is 52.9 Å². The van der Waals surface area contributed by atoms with E-state index < -0.39 is 0 Å². The highest BCUT2D eigenvalue weighted by molar-refractivity contribution is 6.09. The average Bonchev–Trinajstić information content (AvgIpc) is 3.66. The Labute approximate surface area is 270 Å². The van der Waals surface area contributed by atoms with Gasteiger partial charge in [-0.15, -0.1) is 0 Å². The molecule has 0 amide bonds. The van der Waals surface area contributed by atoms with E-state index in [4.69, 9.17) is 5.10 Å². The molecule has 0 unspecified atom stereocenters. The Morgan fingerprint density at radius 2 is 0.957 bits per heavy atom. The molecule has 0 aliphatic rings. The molecule has 0 radical (unpaired) electrons. The van der Waals surface area contributed by atoms with Crippen LogP contribution in [0.4, 0.5) is 0 Å². The second-order valence-corrected chi connectivity index (χ2v) is 12.9. The maximum Gasteiger partial charge on any atom is 0.101 e. The topological polar surface area (TPSA) is 22.8 Å². The van der Waals surface area contributed by atoms with Crippen molar-refractivity contribution < 1.29 is 0 Å². The van der Waals surface area contributed by atoms with E-state index in [0.29, 0.717) is 0 Å². The normalized spacial score (nSPS) is 11.8. The summed E-state index contributed by atoms with van der Waals surface area (Å²) in [6.07, 6.45) is 0. The van der Waals surface area contributed by atoms with Crippen LogP contribution < -0.4 is 0 Å². The molecule has 6 aromatic carbocycles. The zero-order valence-electron chi connectivity index (χ0n) is 26.4. The maximum atomic E-state index is 5.38. The summed E-state index contributed by atoms with van der Waals surface area (Å²) < 4.78 is 4.48. The van der Waals surface area contributed by atoms with Gasteiger partial charge in [0.2, 0.25) is 0 Å². The van der Waals surface area contributed by atoms with E-state index in [1.54, 1.807) is 0 Å². The summed E-state index contributed by atoms with van der Waals surface area (Å²) in [7, 11) is 0. The molecule has 3 nitrogen and oxygen atoms in total. The highest BCUT2D eigenvalue weighted by Crippen LogP contribution is 2.42. The number of nitrogens with zero attached hydrogens (tertiary/aromatic N) is 3. The molecule has 0 saturated heterocycles. The first-order valence-corrected chi connectivity index (χ1v) is 15.9. The Hall–Kier alpha value is -5.67. The lowest BCUT2D eigenvalue weighted by molar-refractivity contribution is 0.590. The summed E-state index contributed by atoms with van der Waals surface area (Å²) in [6.45, 7) is 6.77. The summed E-state index contributed by atoms with van der Waals surface area (Å²) >= 11 is 0. The predicted octanol–water partition coefficient (Wildman–Crippen LogP) is 11.3. The molecular weight excluding hydrogens is 558 g/mol. The van der Waals surface area contributed by atoms with Crippen LogP contribution in [0.3, 0.4) is 0 Å². The summed E-state index contributed by atoms with van der Waals surface area (Å²) in [5, 5.41) is 7.90. The first-order valence-electron chi connectivity index (χ1n) is 15.9. The molecule has 8 rings (SSSR count). The number of para-hydroxylation sites is 2. The lowest BCUT2D eigenvalue weighted by Gasteiger charge is -2.19. The van der Waals surface area contributed by atoms with Gasteiger partial charge in [0.25, 0.3) is 0 Å². The van der Waals surface area contributed by atoms with Gasteiger partial charge in [-0.2, -0.15) is 5.10 Å². The third kappa shape index (κ3) is 4.72. The molecule has 2 heterocycles. The van der Waals surface area contributed by atoms with Gasteiger partial charge < -0.3 is 4.57 Å². The van der Waals surface area contributed by atoms with Crippen molar-refractivity contribution in [2.75, 3.05) is 0 Å². The van der Waals surface area contributed by atoms with E-state index in [1.165, 1.54) is 27.4 Å². The molecule has 0 atom stereocenters. The van der Waals surface area contributed by atoms with Crippen molar-refractivity contribution in [3.05, 3.63) is 163 Å². The van der Waals surface area contributed by atoms with Crippen molar-refractivity contribution in [3.63, 3.8) is 0 Å². The highest BCUT2D eigenvalue weighted by atomic mass is 15.3. The summed E-state index contributed by atoms with van der Waals surface area (Å²) in [4.78, 5) is 0. The fourth-order valence-corrected chi connectivity index (χ4v) is 6.62. The van der Waals surface area contributed by atoms with Crippen molar-refractivity contribution in [3.8, 4) is 45.0 Å². The largest absolute Gasteiger partial charge is 0.309 e. The molecule has 222 valence electrons. The van der Waals surface area contributed by atoms with Gasteiger partial charge in [-0.1, -0.05) is 142 Å². The Balaban J connectivity index is 1.34. The Kier molecular flexibility index (Phi) is 6.69. The fraction of sp³-hybridized carbons (Fsp3) is 0.0930. The quantitative estimate of drug-likeness (QED) is 0.195. The van der Waals surface area contributed by atoms with Crippen LogP contribution in [0, 0.1) is 0 Å². The molecule has 0 spiro atoms. The third-order valence-corrected chi connectivity index (χ3v) is 8.95. The van der Waals surface area contributed by atoms with Crippen molar-refractivity contribution >= 4 is 21.8 Å². The number of hydrogen-bond donors (Lipinski definition) is 0. The molecule has 0 N–H and O–H groups in total. The maximum absolute atomic E-state index is 5.38. The Morgan fingerprint density at radius 1 is 0.457 bits per heavy atom. The molecule has 0 fully saturated rings. The van der Waals surface area contributed by atoms with Crippen LogP contribution in [-0.4, -0.2) is 14.3 Å². The SMILES string of the molecule is CC(C)(C)c1ccc(-c2c(-c3ccccc3)nn(-c3ccc(-n4c5ccccc5c5ccccc54)cc3)c2-c2ccccc2)cc1. The Morgan fingerprint density at radius 3 is 1.52 bits per heavy atom. The molecule has 8 aromatic rings. The van der Waals surface area contributed by atoms with Crippen LogP contribution in [0.1, 0.15) is 26.3 Å². The molecule has 3 heteroatoms. The highest BCUT2D eigenvalue weighted by Gasteiger charge is 2.24. The van der Waals surface area contributed by atoms with Gasteiger partial charge in [0.15, 0.2) is 0 Å². The lowest BCUT2D eigenvalue weighted by Crippen LogP contribution is -2.10. The van der Waals surface area contributed by atoms with Crippen molar-refractivity contribution in [1.82, 2.24) is 14.3 Å². The first-order chi connectivity index (χ1) is 22.5. The second-order valence-electron chi connectivity index (χ2n) is 12.9. The van der Waals surface area contributed by atoms with Gasteiger partial charge in [0, 0.05) is 33.2 Å². The van der Waals surface area contributed by atoms with E-state index in [9.17, 15) is 0 Å². The van der Waals surface area contributed by atoms with Crippen molar-refractivity contribution in [1.29, 1.82) is 0 Å². The van der Waals surface area contributed by atoms with E-state index in [0.717, 1.165) is 45.0 Å². The average molecular weight is 594 g/mol. The van der Waals surface area contributed by atoms with Crippen LogP contribution in [0.5, 0.6) is 0 Å². The van der Waals surface area contributed by atoms with Crippen LogP contribution in [0.2, 0.25) is 0 Å². The summed E-state index contributed by atoms with van der Waals surface area (Å²) in [6, 6.07) is 56.3. The van der Waals surface area contributed by atoms with Crippen LogP contribution >= 0.6 is 0 Å².